The van der Waals surface area contributed by atoms with Crippen molar-refractivity contribution in [1.29, 1.82) is 0 Å². The maximum absolute atomic E-state index is 12.3. The number of nitrogens with zero attached hydrogens (tertiary/aromatic N) is 1. The number of fused-ring (bicyclic) bond motifs is 1. The third-order valence-corrected chi connectivity index (χ3v) is 6.18. The second-order valence-electron chi connectivity index (χ2n) is 8.52. The lowest BCUT2D eigenvalue weighted by Gasteiger charge is -2.44. The fraction of sp³-hybridized carbons (Fsp3) is 0.480. The minimum absolute atomic E-state index is 0.00610. The molecule has 1 spiro atoms. The second-order valence-corrected chi connectivity index (χ2v) is 8.52. The summed E-state index contributed by atoms with van der Waals surface area (Å²) >= 11 is 0. The lowest BCUT2D eigenvalue weighted by molar-refractivity contribution is -0.228. The summed E-state index contributed by atoms with van der Waals surface area (Å²) in [4.78, 5) is 14.2. The van der Waals surface area contributed by atoms with Gasteiger partial charge in [-0.2, -0.15) is 0 Å². The highest BCUT2D eigenvalue weighted by Crippen LogP contribution is 2.43. The first kappa shape index (κ1) is 22.3. The van der Waals surface area contributed by atoms with Crippen molar-refractivity contribution in [2.45, 2.75) is 39.1 Å². The zero-order valence-corrected chi connectivity index (χ0v) is 19.4. The smallest absolute Gasteiger partial charge is 0.225 e. The fourth-order valence-electron chi connectivity index (χ4n) is 4.34. The van der Waals surface area contributed by atoms with Crippen molar-refractivity contribution in [1.82, 2.24) is 4.90 Å². The molecule has 0 atom stereocenters. The summed E-state index contributed by atoms with van der Waals surface area (Å²) in [5, 5.41) is 0. The van der Waals surface area contributed by atoms with E-state index in [9.17, 15) is 4.79 Å². The van der Waals surface area contributed by atoms with Gasteiger partial charge in [-0.1, -0.05) is 19.9 Å². The van der Waals surface area contributed by atoms with Crippen LogP contribution >= 0.6 is 0 Å². The summed E-state index contributed by atoms with van der Waals surface area (Å²) in [6.07, 6.45) is 1.33. The van der Waals surface area contributed by atoms with Crippen LogP contribution in [0.25, 0.3) is 11.1 Å². The summed E-state index contributed by atoms with van der Waals surface area (Å²) in [5.74, 6) is 2.14. The average molecular weight is 442 g/mol. The van der Waals surface area contributed by atoms with E-state index < -0.39 is 5.79 Å². The highest BCUT2D eigenvalue weighted by atomic mass is 16.7. The monoisotopic (exact) mass is 441 g/mol. The van der Waals surface area contributed by atoms with Gasteiger partial charge in [0.25, 0.3) is 0 Å². The Bertz CT molecular complexity index is 969. The Kier molecular flexibility index (Phi) is 6.20. The zero-order chi connectivity index (χ0) is 22.9. The van der Waals surface area contributed by atoms with Gasteiger partial charge in [0, 0.05) is 37.4 Å². The summed E-state index contributed by atoms with van der Waals surface area (Å²) in [5.41, 5.74) is 2.94. The second kappa shape index (κ2) is 8.90. The van der Waals surface area contributed by atoms with E-state index in [0.717, 1.165) is 22.4 Å². The van der Waals surface area contributed by atoms with Crippen LogP contribution < -0.4 is 18.9 Å². The molecular formula is C25H31NO6. The molecule has 2 aromatic rings. The molecule has 0 radical (unpaired) electrons. The van der Waals surface area contributed by atoms with Gasteiger partial charge in [-0.15, -0.1) is 0 Å². The van der Waals surface area contributed by atoms with Gasteiger partial charge in [0.2, 0.25) is 17.4 Å². The topological polar surface area (TPSA) is 66.5 Å². The summed E-state index contributed by atoms with van der Waals surface area (Å²) < 4.78 is 28.9. The maximum Gasteiger partial charge on any atom is 0.225 e. The third-order valence-electron chi connectivity index (χ3n) is 6.18. The Morgan fingerprint density at radius 3 is 2.19 bits per heavy atom. The van der Waals surface area contributed by atoms with E-state index >= 15 is 0 Å². The number of carbonyl (C=O) groups is 1. The van der Waals surface area contributed by atoms with Crippen LogP contribution in [0.2, 0.25) is 0 Å². The minimum atomic E-state index is -0.658. The van der Waals surface area contributed by atoms with Crippen molar-refractivity contribution in [3.05, 3.63) is 35.9 Å². The SMILES string of the molecule is COc1cc(-c2ccc3c(c2)COC2(CCN(C(=O)C(C)C)CC2)O3)cc(OC)c1OC. The van der Waals surface area contributed by atoms with Crippen molar-refractivity contribution >= 4 is 5.91 Å². The van der Waals surface area contributed by atoms with Gasteiger partial charge < -0.3 is 28.6 Å². The van der Waals surface area contributed by atoms with Crippen LogP contribution in [-0.2, 0) is 16.1 Å². The van der Waals surface area contributed by atoms with E-state index in [1.807, 2.05) is 43.0 Å². The van der Waals surface area contributed by atoms with Crippen LogP contribution in [0.3, 0.4) is 0 Å². The van der Waals surface area contributed by atoms with Gasteiger partial charge in [0.15, 0.2) is 11.5 Å². The molecular weight excluding hydrogens is 410 g/mol. The number of likely N-dealkylation sites (tertiary alicyclic amines) is 1. The van der Waals surface area contributed by atoms with Crippen LogP contribution in [-0.4, -0.2) is 51.0 Å². The lowest BCUT2D eigenvalue weighted by Crippen LogP contribution is -2.53. The van der Waals surface area contributed by atoms with E-state index in [1.54, 1.807) is 21.3 Å². The third kappa shape index (κ3) is 4.09. The summed E-state index contributed by atoms with van der Waals surface area (Å²) in [6.45, 7) is 5.63. The van der Waals surface area contributed by atoms with Crippen molar-refractivity contribution < 1.29 is 28.5 Å². The number of hydrogen-bond acceptors (Lipinski definition) is 6. The molecule has 2 aliphatic heterocycles. The molecule has 4 rings (SSSR count). The molecule has 2 aliphatic rings. The van der Waals surface area contributed by atoms with E-state index in [0.29, 0.717) is 49.8 Å². The Labute approximate surface area is 189 Å². The van der Waals surface area contributed by atoms with E-state index in [-0.39, 0.29) is 11.8 Å². The number of hydrogen-bond donors (Lipinski definition) is 0. The molecule has 0 N–H and O–H groups in total. The largest absolute Gasteiger partial charge is 0.493 e. The normalized spacial score (nSPS) is 17.0. The van der Waals surface area contributed by atoms with Crippen LogP contribution in [0.1, 0.15) is 32.3 Å². The van der Waals surface area contributed by atoms with Crippen LogP contribution in [0, 0.1) is 5.92 Å². The number of ether oxygens (including phenoxy) is 5. The van der Waals surface area contributed by atoms with E-state index in [2.05, 4.69) is 6.07 Å². The molecule has 7 nitrogen and oxygen atoms in total. The average Bonchev–Trinajstić information content (AvgIpc) is 2.82. The molecule has 2 heterocycles. The first-order valence-corrected chi connectivity index (χ1v) is 10.9. The number of methoxy groups -OCH3 is 3. The summed E-state index contributed by atoms with van der Waals surface area (Å²) in [6, 6.07) is 9.94. The molecule has 1 fully saturated rings. The molecule has 0 aliphatic carbocycles. The first-order chi connectivity index (χ1) is 15.4. The molecule has 32 heavy (non-hydrogen) atoms. The highest BCUT2D eigenvalue weighted by Gasteiger charge is 2.42. The summed E-state index contributed by atoms with van der Waals surface area (Å²) in [7, 11) is 4.80. The van der Waals surface area contributed by atoms with Crippen LogP contribution in [0.15, 0.2) is 30.3 Å². The number of carbonyl (C=O) groups excluding carboxylic acids is 1. The van der Waals surface area contributed by atoms with Crippen LogP contribution in [0.5, 0.6) is 23.0 Å². The van der Waals surface area contributed by atoms with Crippen molar-refractivity contribution in [3.8, 4) is 34.1 Å². The molecule has 1 saturated heterocycles. The first-order valence-electron chi connectivity index (χ1n) is 10.9. The fourth-order valence-corrected chi connectivity index (χ4v) is 4.34. The predicted molar refractivity (Wildman–Crippen MR) is 120 cm³/mol. The zero-order valence-electron chi connectivity index (χ0n) is 19.4. The maximum atomic E-state index is 12.3. The Balaban J connectivity index is 1.54. The van der Waals surface area contributed by atoms with Gasteiger partial charge in [0.05, 0.1) is 27.9 Å². The van der Waals surface area contributed by atoms with E-state index in [1.165, 1.54) is 0 Å². The molecule has 0 bridgehead atoms. The molecule has 1 amide bonds. The Hall–Kier alpha value is -2.93. The quantitative estimate of drug-likeness (QED) is 0.691. The molecule has 2 aromatic carbocycles. The van der Waals surface area contributed by atoms with Gasteiger partial charge in [-0.25, -0.2) is 0 Å². The molecule has 0 unspecified atom stereocenters. The van der Waals surface area contributed by atoms with Crippen molar-refractivity contribution in [2.75, 3.05) is 34.4 Å². The molecule has 0 aromatic heterocycles. The Morgan fingerprint density at radius 1 is 0.969 bits per heavy atom. The number of piperidine rings is 1. The van der Waals surface area contributed by atoms with Crippen molar-refractivity contribution in [2.24, 2.45) is 5.92 Å². The molecule has 7 heteroatoms. The lowest BCUT2D eigenvalue weighted by atomic mass is 9.98. The number of amides is 1. The van der Waals surface area contributed by atoms with Gasteiger partial charge in [-0.05, 0) is 35.4 Å². The van der Waals surface area contributed by atoms with Crippen molar-refractivity contribution in [3.63, 3.8) is 0 Å². The standard InChI is InChI=1S/C25H31NO6/c1-16(2)24(27)26-10-8-25(9-11-26)31-15-19-12-17(6-7-20(19)32-25)18-13-21(28-3)23(30-5)22(14-18)29-4/h6-7,12-14,16H,8-11,15H2,1-5H3. The Morgan fingerprint density at radius 2 is 1.62 bits per heavy atom. The van der Waals surface area contributed by atoms with Crippen LogP contribution in [0.4, 0.5) is 0 Å². The molecule has 0 saturated carbocycles. The minimum Gasteiger partial charge on any atom is -0.493 e. The number of benzene rings is 2. The highest BCUT2D eigenvalue weighted by molar-refractivity contribution is 5.78. The number of rotatable bonds is 5. The van der Waals surface area contributed by atoms with E-state index in [4.69, 9.17) is 23.7 Å². The van der Waals surface area contributed by atoms with Gasteiger partial charge in [0.1, 0.15) is 5.75 Å². The van der Waals surface area contributed by atoms with Gasteiger partial charge >= 0.3 is 0 Å². The predicted octanol–water partition coefficient (Wildman–Crippen LogP) is 4.26. The molecule has 172 valence electrons. The van der Waals surface area contributed by atoms with Gasteiger partial charge in [-0.3, -0.25) is 4.79 Å².